The number of carbonyl (C=O) groups excluding carboxylic acids is 1. The van der Waals surface area contributed by atoms with Gasteiger partial charge < -0.3 is 15.5 Å². The monoisotopic (exact) mass is 241 g/mol. The van der Waals surface area contributed by atoms with Gasteiger partial charge in [0.05, 0.1) is 0 Å². The standard InChI is InChI=1S/C13H27N3O/c1-15(2)8-5-9-16(3)13(17)11-6-4-7-12(14)10-11/h11-12H,4-10,14H2,1-3H3. The van der Waals surface area contributed by atoms with Crippen LogP contribution >= 0.6 is 0 Å². The van der Waals surface area contributed by atoms with Gasteiger partial charge in [-0.3, -0.25) is 4.79 Å². The second-order valence-electron chi connectivity index (χ2n) is 5.54. The maximum absolute atomic E-state index is 12.2. The first-order valence-electron chi connectivity index (χ1n) is 6.66. The molecule has 1 saturated carbocycles. The first kappa shape index (κ1) is 14.5. The highest BCUT2D eigenvalue weighted by atomic mass is 16.2. The molecule has 100 valence electrons. The predicted molar refractivity (Wildman–Crippen MR) is 70.7 cm³/mol. The summed E-state index contributed by atoms with van der Waals surface area (Å²) in [6.07, 6.45) is 5.10. The van der Waals surface area contributed by atoms with Gasteiger partial charge in [-0.25, -0.2) is 0 Å². The van der Waals surface area contributed by atoms with Crippen molar-refractivity contribution in [3.63, 3.8) is 0 Å². The summed E-state index contributed by atoms with van der Waals surface area (Å²) in [6.45, 7) is 1.88. The molecule has 1 amide bonds. The van der Waals surface area contributed by atoms with Gasteiger partial charge in [-0.15, -0.1) is 0 Å². The summed E-state index contributed by atoms with van der Waals surface area (Å²) in [5, 5.41) is 0. The molecule has 17 heavy (non-hydrogen) atoms. The van der Waals surface area contributed by atoms with E-state index in [0.29, 0.717) is 5.91 Å². The second kappa shape index (κ2) is 6.97. The molecular formula is C13H27N3O. The highest BCUT2D eigenvalue weighted by Gasteiger charge is 2.27. The number of carbonyl (C=O) groups is 1. The van der Waals surface area contributed by atoms with E-state index in [2.05, 4.69) is 19.0 Å². The zero-order chi connectivity index (χ0) is 12.8. The van der Waals surface area contributed by atoms with Crippen molar-refractivity contribution in [1.82, 2.24) is 9.80 Å². The minimum Gasteiger partial charge on any atom is -0.345 e. The molecule has 0 aromatic rings. The molecule has 0 aromatic carbocycles. The van der Waals surface area contributed by atoms with E-state index in [1.807, 2.05) is 11.9 Å². The van der Waals surface area contributed by atoms with Crippen LogP contribution in [0.1, 0.15) is 32.1 Å². The molecule has 0 radical (unpaired) electrons. The highest BCUT2D eigenvalue weighted by molar-refractivity contribution is 5.78. The molecule has 0 bridgehead atoms. The summed E-state index contributed by atoms with van der Waals surface area (Å²) < 4.78 is 0. The van der Waals surface area contributed by atoms with Gasteiger partial charge in [-0.05, 0) is 46.3 Å². The Morgan fingerprint density at radius 2 is 1.94 bits per heavy atom. The molecule has 0 aromatic heterocycles. The molecule has 4 nitrogen and oxygen atoms in total. The molecule has 1 aliphatic rings. The van der Waals surface area contributed by atoms with Gasteiger partial charge >= 0.3 is 0 Å². The molecule has 4 heteroatoms. The molecule has 2 unspecified atom stereocenters. The Bertz CT molecular complexity index is 243. The fourth-order valence-corrected chi connectivity index (χ4v) is 2.50. The van der Waals surface area contributed by atoms with E-state index in [-0.39, 0.29) is 12.0 Å². The van der Waals surface area contributed by atoms with Crippen molar-refractivity contribution in [2.45, 2.75) is 38.1 Å². The van der Waals surface area contributed by atoms with Crippen LogP contribution in [0.5, 0.6) is 0 Å². The first-order valence-corrected chi connectivity index (χ1v) is 6.66. The fourth-order valence-electron chi connectivity index (χ4n) is 2.50. The van der Waals surface area contributed by atoms with E-state index in [1.165, 1.54) is 0 Å². The van der Waals surface area contributed by atoms with Gasteiger partial charge in [0.2, 0.25) is 5.91 Å². The maximum Gasteiger partial charge on any atom is 0.225 e. The van der Waals surface area contributed by atoms with Crippen LogP contribution in [-0.2, 0) is 4.79 Å². The fraction of sp³-hybridized carbons (Fsp3) is 0.923. The van der Waals surface area contributed by atoms with E-state index in [9.17, 15) is 4.79 Å². The van der Waals surface area contributed by atoms with Crippen molar-refractivity contribution >= 4 is 5.91 Å². The molecular weight excluding hydrogens is 214 g/mol. The zero-order valence-corrected chi connectivity index (χ0v) is 11.5. The number of nitrogens with zero attached hydrogens (tertiary/aromatic N) is 2. The Morgan fingerprint density at radius 1 is 1.24 bits per heavy atom. The first-order chi connectivity index (χ1) is 8.00. The molecule has 1 fully saturated rings. The van der Waals surface area contributed by atoms with E-state index < -0.39 is 0 Å². The number of hydrogen-bond donors (Lipinski definition) is 1. The molecule has 2 N–H and O–H groups in total. The second-order valence-corrected chi connectivity index (χ2v) is 5.54. The third kappa shape index (κ3) is 5.04. The lowest BCUT2D eigenvalue weighted by molar-refractivity contribution is -0.135. The minimum absolute atomic E-state index is 0.170. The van der Waals surface area contributed by atoms with Gasteiger partial charge in [-0.1, -0.05) is 6.42 Å². The number of rotatable bonds is 5. The SMILES string of the molecule is CN(C)CCCN(C)C(=O)C1CCCC(N)C1. The number of amides is 1. The smallest absolute Gasteiger partial charge is 0.225 e. The molecule has 0 aliphatic heterocycles. The quantitative estimate of drug-likeness (QED) is 0.778. The van der Waals surface area contributed by atoms with Crippen LogP contribution in [0.25, 0.3) is 0 Å². The predicted octanol–water partition coefficient (Wildman–Crippen LogP) is 0.914. The van der Waals surface area contributed by atoms with Crippen LogP contribution in [0.2, 0.25) is 0 Å². The Kier molecular flexibility index (Phi) is 5.92. The molecule has 1 rings (SSSR count). The maximum atomic E-state index is 12.2. The summed E-state index contributed by atoms with van der Waals surface area (Å²) in [7, 11) is 6.03. The van der Waals surface area contributed by atoms with E-state index in [4.69, 9.17) is 5.73 Å². The lowest BCUT2D eigenvalue weighted by Crippen LogP contribution is -2.39. The molecule has 1 aliphatic carbocycles. The van der Waals surface area contributed by atoms with Crippen molar-refractivity contribution in [3.05, 3.63) is 0 Å². The van der Waals surface area contributed by atoms with Crippen LogP contribution in [0, 0.1) is 5.92 Å². The summed E-state index contributed by atoms with van der Waals surface area (Å²) in [5.41, 5.74) is 5.93. The largest absolute Gasteiger partial charge is 0.345 e. The summed E-state index contributed by atoms with van der Waals surface area (Å²) >= 11 is 0. The van der Waals surface area contributed by atoms with Gasteiger partial charge in [0, 0.05) is 25.6 Å². The minimum atomic E-state index is 0.170. The van der Waals surface area contributed by atoms with Crippen LogP contribution in [-0.4, -0.2) is 56.0 Å². The van der Waals surface area contributed by atoms with Crippen molar-refractivity contribution < 1.29 is 4.79 Å². The topological polar surface area (TPSA) is 49.6 Å². The third-order valence-electron chi connectivity index (χ3n) is 3.54. The Balaban J connectivity index is 2.30. The van der Waals surface area contributed by atoms with Crippen molar-refractivity contribution in [2.75, 3.05) is 34.2 Å². The summed E-state index contributed by atoms with van der Waals surface area (Å²) in [6, 6.07) is 0.230. The van der Waals surface area contributed by atoms with Gasteiger partial charge in [0.15, 0.2) is 0 Å². The average Bonchev–Trinajstić information content (AvgIpc) is 2.27. The third-order valence-corrected chi connectivity index (χ3v) is 3.54. The summed E-state index contributed by atoms with van der Waals surface area (Å²) in [5.74, 6) is 0.460. The molecule has 0 heterocycles. The zero-order valence-electron chi connectivity index (χ0n) is 11.5. The van der Waals surface area contributed by atoms with E-state index in [1.54, 1.807) is 0 Å². The Morgan fingerprint density at radius 3 is 2.53 bits per heavy atom. The lowest BCUT2D eigenvalue weighted by atomic mass is 9.85. The van der Waals surface area contributed by atoms with Gasteiger partial charge in [-0.2, -0.15) is 0 Å². The van der Waals surface area contributed by atoms with Crippen LogP contribution < -0.4 is 5.73 Å². The lowest BCUT2D eigenvalue weighted by Gasteiger charge is -2.29. The molecule has 2 atom stereocenters. The Hall–Kier alpha value is -0.610. The average molecular weight is 241 g/mol. The molecule has 0 saturated heterocycles. The van der Waals surface area contributed by atoms with E-state index in [0.717, 1.165) is 45.2 Å². The van der Waals surface area contributed by atoms with Crippen molar-refractivity contribution in [1.29, 1.82) is 0 Å². The number of nitrogens with two attached hydrogens (primary N) is 1. The number of hydrogen-bond acceptors (Lipinski definition) is 3. The van der Waals surface area contributed by atoms with Crippen LogP contribution in [0.3, 0.4) is 0 Å². The van der Waals surface area contributed by atoms with E-state index >= 15 is 0 Å². The normalized spacial score (nSPS) is 25.0. The van der Waals surface area contributed by atoms with Crippen LogP contribution in [0.4, 0.5) is 0 Å². The Labute approximate surface area is 105 Å². The highest BCUT2D eigenvalue weighted by Crippen LogP contribution is 2.24. The van der Waals surface area contributed by atoms with Crippen LogP contribution in [0.15, 0.2) is 0 Å². The van der Waals surface area contributed by atoms with Crippen molar-refractivity contribution in [2.24, 2.45) is 11.7 Å². The van der Waals surface area contributed by atoms with Gasteiger partial charge in [0.25, 0.3) is 0 Å². The van der Waals surface area contributed by atoms with Crippen molar-refractivity contribution in [3.8, 4) is 0 Å². The van der Waals surface area contributed by atoms with Gasteiger partial charge in [0.1, 0.15) is 0 Å². The summed E-state index contributed by atoms with van der Waals surface area (Å²) in [4.78, 5) is 16.2. The molecule has 0 spiro atoms.